The number of primary amides is 1. The highest BCUT2D eigenvalue weighted by molar-refractivity contribution is 7.13. The van der Waals surface area contributed by atoms with Crippen LogP contribution in [0.5, 0.6) is 5.75 Å². The molecular weight excluding hydrogens is 926 g/mol. The molecule has 380 valence electrons. The van der Waals surface area contributed by atoms with Gasteiger partial charge in [-0.25, -0.2) is 9.37 Å². The van der Waals surface area contributed by atoms with Gasteiger partial charge < -0.3 is 36.4 Å². The molecule has 0 aliphatic carbocycles. The third-order valence-corrected chi connectivity index (χ3v) is 14.9. The quantitative estimate of drug-likeness (QED) is 0.0619. The number of thiazole rings is 1. The SMILES string of the molecule is Cc1ncsc1-c1ccc([C@H](C)NC(=O)[C@@H]2C[C@@H](O)CN2C(=O)[C@@H](NC(=O)CCCCCc2cccc(OC[C@H](CCC(N)=O)NC(=O)[C@@H]3Cc4cccc5c4N3C(=O)[C@@H](C)CC5)c2F)C(C)(C)C)cc1. The Kier molecular flexibility index (Phi) is 17.0. The number of nitrogens with one attached hydrogen (secondary N) is 3. The molecule has 1 aromatic heterocycles. The van der Waals surface area contributed by atoms with Crippen molar-refractivity contribution in [1.29, 1.82) is 0 Å². The van der Waals surface area contributed by atoms with Gasteiger partial charge in [-0.15, -0.1) is 11.3 Å². The van der Waals surface area contributed by atoms with Crippen LogP contribution in [0.3, 0.4) is 0 Å². The molecule has 17 heteroatoms. The number of aromatic nitrogens is 1. The number of amides is 6. The molecule has 1 saturated heterocycles. The number of anilines is 1. The summed E-state index contributed by atoms with van der Waals surface area (Å²) in [5.74, 6) is -3.03. The van der Waals surface area contributed by atoms with E-state index in [9.17, 15) is 33.9 Å². The van der Waals surface area contributed by atoms with Crippen LogP contribution in [0.25, 0.3) is 10.4 Å². The molecule has 15 nitrogen and oxygen atoms in total. The van der Waals surface area contributed by atoms with Gasteiger partial charge in [0.15, 0.2) is 11.6 Å². The van der Waals surface area contributed by atoms with Gasteiger partial charge in [0.2, 0.25) is 35.4 Å². The Morgan fingerprint density at radius 3 is 2.37 bits per heavy atom. The number of halogens is 1. The first-order chi connectivity index (χ1) is 33.8. The van der Waals surface area contributed by atoms with E-state index in [0.717, 1.165) is 44.9 Å². The molecule has 0 spiro atoms. The molecule has 0 unspecified atom stereocenters. The Labute approximate surface area is 419 Å². The maximum absolute atomic E-state index is 15.9. The first kappa shape index (κ1) is 52.6. The van der Waals surface area contributed by atoms with E-state index in [0.29, 0.717) is 44.1 Å². The van der Waals surface area contributed by atoms with Gasteiger partial charge in [-0.3, -0.25) is 33.7 Å². The van der Waals surface area contributed by atoms with Crippen molar-refractivity contribution in [2.75, 3.05) is 18.1 Å². The van der Waals surface area contributed by atoms with Gasteiger partial charge in [0.05, 0.1) is 40.0 Å². The fourth-order valence-electron chi connectivity index (χ4n) is 9.87. The Morgan fingerprint density at radius 2 is 1.66 bits per heavy atom. The van der Waals surface area contributed by atoms with Crippen LogP contribution in [-0.4, -0.2) is 93.9 Å². The number of aryl methyl sites for hydroxylation is 3. The van der Waals surface area contributed by atoms with E-state index in [1.165, 1.54) is 11.0 Å². The van der Waals surface area contributed by atoms with E-state index in [1.807, 2.05) is 84.0 Å². The summed E-state index contributed by atoms with van der Waals surface area (Å²) in [6.07, 6.45) is 3.16. The topological polar surface area (TPSA) is 213 Å². The summed E-state index contributed by atoms with van der Waals surface area (Å²) in [4.78, 5) is 88.9. The van der Waals surface area contributed by atoms with Crippen molar-refractivity contribution in [3.05, 3.63) is 99.9 Å². The zero-order valence-corrected chi connectivity index (χ0v) is 42.4. The van der Waals surface area contributed by atoms with Crippen LogP contribution in [0.2, 0.25) is 0 Å². The number of benzene rings is 3. The summed E-state index contributed by atoms with van der Waals surface area (Å²) in [6.45, 7) is 11.0. The molecule has 7 rings (SSSR count). The Hall–Kier alpha value is -6.20. The average molecular weight is 994 g/mol. The zero-order chi connectivity index (χ0) is 51.1. The molecule has 7 atom stereocenters. The van der Waals surface area contributed by atoms with Crippen LogP contribution in [0, 0.1) is 24.1 Å². The minimum Gasteiger partial charge on any atom is -0.488 e. The Balaban J connectivity index is 0.887. The second-order valence-electron chi connectivity index (χ2n) is 20.5. The molecule has 71 heavy (non-hydrogen) atoms. The number of hydrogen-bond donors (Lipinski definition) is 5. The van der Waals surface area contributed by atoms with Gasteiger partial charge in [0.1, 0.15) is 24.7 Å². The molecule has 1 fully saturated rings. The number of β-amino-alcohol motifs (C(OH)–C–C–N with tert-alkyl or cyclic N) is 1. The minimum absolute atomic E-state index is 0.0137. The van der Waals surface area contributed by atoms with Crippen molar-refractivity contribution >= 4 is 52.5 Å². The van der Waals surface area contributed by atoms with Crippen LogP contribution in [0.4, 0.5) is 10.1 Å². The van der Waals surface area contributed by atoms with Crippen LogP contribution >= 0.6 is 11.3 Å². The van der Waals surface area contributed by atoms with Crippen molar-refractivity contribution < 1.29 is 43.0 Å². The molecule has 3 aliphatic rings. The Bertz CT molecular complexity index is 2600. The van der Waals surface area contributed by atoms with Gasteiger partial charge in [-0.05, 0) is 91.7 Å². The van der Waals surface area contributed by atoms with E-state index >= 15 is 4.39 Å². The lowest BCUT2D eigenvalue weighted by Gasteiger charge is -2.35. The molecule has 6 amide bonds. The van der Waals surface area contributed by atoms with Crippen molar-refractivity contribution in [2.45, 2.75) is 148 Å². The highest BCUT2D eigenvalue weighted by Crippen LogP contribution is 2.40. The summed E-state index contributed by atoms with van der Waals surface area (Å²) in [6, 6.07) is 14.9. The van der Waals surface area contributed by atoms with Gasteiger partial charge in [0, 0.05) is 38.1 Å². The maximum atomic E-state index is 15.9. The lowest BCUT2D eigenvalue weighted by molar-refractivity contribution is -0.144. The number of likely N-dealkylation sites (tertiary alicyclic amines) is 1. The standard InChI is InChI=1S/C54H68FN7O8S/c1-31-18-19-36-14-10-15-38-26-42(62(47(36)38)52(31)68)51(67)59-39(24-25-44(56)64)29-70-43-16-11-13-35(46(43)55)12-8-7-9-17-45(65)60-49(54(4,5)6)53(69)61-28-40(63)27-41(61)50(66)58-32(2)34-20-22-37(23-21-34)48-33(3)57-30-71-48/h10-11,13-16,20-23,30-32,39-42,49,63H,7-9,12,17-19,24-29H2,1-6H3,(H2,56,64)(H,58,66)(H,59,67)(H,60,65)/t31-,32-,39-,40+,41-,42-,49+/m0/s1. The smallest absolute Gasteiger partial charge is 0.246 e. The maximum Gasteiger partial charge on any atom is 0.246 e. The molecule has 3 aliphatic heterocycles. The van der Waals surface area contributed by atoms with Crippen molar-refractivity contribution in [3.8, 4) is 16.2 Å². The second-order valence-corrected chi connectivity index (χ2v) is 21.3. The van der Waals surface area contributed by atoms with E-state index in [2.05, 4.69) is 20.9 Å². The molecule has 0 saturated carbocycles. The van der Waals surface area contributed by atoms with E-state index in [-0.39, 0.29) is 80.2 Å². The number of rotatable bonds is 20. The molecular formula is C54H68FN7O8S. The molecule has 4 aromatic rings. The number of para-hydroxylation sites is 1. The van der Waals surface area contributed by atoms with E-state index in [1.54, 1.807) is 33.9 Å². The summed E-state index contributed by atoms with van der Waals surface area (Å²) >= 11 is 1.56. The number of aliphatic hydroxyl groups excluding tert-OH is 1. The number of unbranched alkanes of at least 4 members (excludes halogenated alkanes) is 2. The Morgan fingerprint density at radius 1 is 0.944 bits per heavy atom. The second kappa shape index (κ2) is 22.9. The predicted molar refractivity (Wildman–Crippen MR) is 270 cm³/mol. The number of aliphatic hydroxyl groups is 1. The normalized spacial score (nSPS) is 19.9. The summed E-state index contributed by atoms with van der Waals surface area (Å²) < 4.78 is 21.8. The lowest BCUT2D eigenvalue weighted by Crippen LogP contribution is -2.57. The van der Waals surface area contributed by atoms with Crippen LogP contribution < -0.4 is 31.3 Å². The summed E-state index contributed by atoms with van der Waals surface area (Å²) in [5.41, 5.74) is 12.6. The number of carbonyl (C=O) groups excluding carboxylic acids is 6. The van der Waals surface area contributed by atoms with Crippen molar-refractivity contribution in [1.82, 2.24) is 25.8 Å². The number of nitrogens with zero attached hydrogens (tertiary/aromatic N) is 3. The predicted octanol–water partition coefficient (Wildman–Crippen LogP) is 6.40. The fourth-order valence-corrected chi connectivity index (χ4v) is 10.7. The van der Waals surface area contributed by atoms with Gasteiger partial charge in [-0.1, -0.05) is 88.7 Å². The zero-order valence-electron chi connectivity index (χ0n) is 41.6. The van der Waals surface area contributed by atoms with Gasteiger partial charge >= 0.3 is 0 Å². The number of carbonyl (C=O) groups is 6. The molecule has 4 heterocycles. The highest BCUT2D eigenvalue weighted by atomic mass is 32.1. The number of nitrogens with two attached hydrogens (primary N) is 1. The van der Waals surface area contributed by atoms with Gasteiger partial charge in [-0.2, -0.15) is 0 Å². The molecule has 0 bridgehead atoms. The fraction of sp³-hybridized carbons (Fsp3) is 0.500. The minimum atomic E-state index is -0.966. The first-order valence-electron chi connectivity index (χ1n) is 24.8. The van der Waals surface area contributed by atoms with Crippen molar-refractivity contribution in [3.63, 3.8) is 0 Å². The lowest BCUT2D eigenvalue weighted by atomic mass is 9.85. The molecule has 3 aromatic carbocycles. The first-order valence-corrected chi connectivity index (χ1v) is 25.7. The van der Waals surface area contributed by atoms with E-state index < -0.39 is 53.3 Å². The number of hydrogen-bond acceptors (Lipinski definition) is 10. The largest absolute Gasteiger partial charge is 0.488 e. The average Bonchev–Trinajstić information content (AvgIpc) is 4.05. The third-order valence-electron chi connectivity index (χ3n) is 14.0. The van der Waals surface area contributed by atoms with Gasteiger partial charge in [0.25, 0.3) is 0 Å². The van der Waals surface area contributed by atoms with Crippen molar-refractivity contribution in [2.24, 2.45) is 17.1 Å². The number of ether oxygens (including phenoxy) is 1. The highest BCUT2D eigenvalue weighted by Gasteiger charge is 2.45. The van der Waals surface area contributed by atoms with Crippen LogP contribution in [-0.2, 0) is 48.0 Å². The van der Waals surface area contributed by atoms with Crippen LogP contribution in [0.1, 0.15) is 120 Å². The van der Waals surface area contributed by atoms with Crippen LogP contribution in [0.15, 0.2) is 66.2 Å². The summed E-state index contributed by atoms with van der Waals surface area (Å²) in [7, 11) is 0. The molecule has 0 radical (unpaired) electrons. The van der Waals surface area contributed by atoms with E-state index in [4.69, 9.17) is 10.5 Å². The summed E-state index contributed by atoms with van der Waals surface area (Å²) in [5, 5.41) is 19.6. The molecule has 6 N–H and O–H groups in total. The third kappa shape index (κ3) is 12.6. The monoisotopic (exact) mass is 993 g/mol.